The van der Waals surface area contributed by atoms with Gasteiger partial charge in [0, 0.05) is 36.1 Å². The van der Waals surface area contributed by atoms with Crippen molar-refractivity contribution in [2.24, 2.45) is 0 Å². The van der Waals surface area contributed by atoms with Gasteiger partial charge in [-0.25, -0.2) is 0 Å². The van der Waals surface area contributed by atoms with E-state index in [0.29, 0.717) is 33.7 Å². The summed E-state index contributed by atoms with van der Waals surface area (Å²) in [4.78, 5) is 43.7. The summed E-state index contributed by atoms with van der Waals surface area (Å²) in [5, 5.41) is 14.2. The Balaban J connectivity index is 1.60. The summed E-state index contributed by atoms with van der Waals surface area (Å²) in [6.07, 6.45) is 3.09. The zero-order valence-electron chi connectivity index (χ0n) is 19.4. The Morgan fingerprint density at radius 1 is 1.08 bits per heavy atom. The topological polar surface area (TPSA) is 122 Å². The molecule has 0 bridgehead atoms. The summed E-state index contributed by atoms with van der Waals surface area (Å²) in [5.74, 6) is -1.84. The lowest BCUT2D eigenvalue weighted by molar-refractivity contribution is -0.117. The maximum atomic E-state index is 13.7. The zero-order chi connectivity index (χ0) is 25.4. The van der Waals surface area contributed by atoms with Crippen molar-refractivity contribution in [3.63, 3.8) is 0 Å². The molecule has 180 valence electrons. The first-order valence-corrected chi connectivity index (χ1v) is 11.0. The highest BCUT2D eigenvalue weighted by Crippen LogP contribution is 2.42. The van der Waals surface area contributed by atoms with Crippen LogP contribution in [-0.2, 0) is 9.59 Å². The molecule has 9 heteroatoms. The van der Waals surface area contributed by atoms with Crippen LogP contribution in [0.2, 0.25) is 0 Å². The number of furan rings is 1. The molecule has 1 unspecified atom stereocenters. The number of aliphatic hydroxyl groups excluding tert-OH is 1. The van der Waals surface area contributed by atoms with E-state index in [1.807, 2.05) is 0 Å². The molecule has 2 aromatic heterocycles. The van der Waals surface area contributed by atoms with Gasteiger partial charge in [-0.05, 0) is 54.1 Å². The summed E-state index contributed by atoms with van der Waals surface area (Å²) in [6, 6.07) is 15.7. The average molecular weight is 483 g/mol. The second kappa shape index (κ2) is 9.03. The van der Waals surface area contributed by atoms with Gasteiger partial charge in [0.2, 0.25) is 11.7 Å². The minimum atomic E-state index is -0.935. The van der Waals surface area contributed by atoms with E-state index in [1.54, 1.807) is 73.1 Å². The van der Waals surface area contributed by atoms with Gasteiger partial charge < -0.3 is 19.6 Å². The van der Waals surface area contributed by atoms with E-state index in [2.05, 4.69) is 10.3 Å². The van der Waals surface area contributed by atoms with Gasteiger partial charge in [0.15, 0.2) is 22.9 Å². The van der Waals surface area contributed by atoms with Crippen molar-refractivity contribution in [1.82, 2.24) is 4.98 Å². The van der Waals surface area contributed by atoms with E-state index < -0.39 is 23.5 Å². The summed E-state index contributed by atoms with van der Waals surface area (Å²) in [6.45, 7) is 1.39. The first-order chi connectivity index (χ1) is 17.4. The number of aliphatic hydroxyl groups is 1. The van der Waals surface area contributed by atoms with Gasteiger partial charge in [-0.1, -0.05) is 12.1 Å². The molecule has 36 heavy (non-hydrogen) atoms. The molecule has 1 aliphatic rings. The Labute approximate surface area is 205 Å². The summed E-state index contributed by atoms with van der Waals surface area (Å²) < 4.78 is 11.1. The molecule has 0 spiro atoms. The number of anilines is 2. The third-order valence-corrected chi connectivity index (χ3v) is 5.89. The molecule has 2 N–H and O–H groups in total. The molecule has 4 aromatic rings. The van der Waals surface area contributed by atoms with Crippen molar-refractivity contribution < 1.29 is 28.6 Å². The summed E-state index contributed by atoms with van der Waals surface area (Å²) in [7, 11) is 1.50. The van der Waals surface area contributed by atoms with E-state index in [-0.39, 0.29) is 17.2 Å². The number of benzene rings is 2. The Hall–Kier alpha value is -4.92. The predicted molar refractivity (Wildman–Crippen MR) is 132 cm³/mol. The lowest BCUT2D eigenvalue weighted by Gasteiger charge is -2.26. The van der Waals surface area contributed by atoms with Gasteiger partial charge in [0.05, 0.1) is 18.7 Å². The molecule has 2 amide bonds. The lowest BCUT2D eigenvalue weighted by Crippen LogP contribution is -2.31. The van der Waals surface area contributed by atoms with E-state index in [4.69, 9.17) is 9.15 Å². The Morgan fingerprint density at radius 2 is 1.81 bits per heavy atom. The number of Topliss-reactive ketones (excluding diaryl/α,β-unsaturated/α-hetero) is 1. The molecular weight excluding hydrogens is 462 g/mol. The summed E-state index contributed by atoms with van der Waals surface area (Å²) >= 11 is 0. The van der Waals surface area contributed by atoms with Crippen molar-refractivity contribution in [3.05, 3.63) is 95.7 Å². The van der Waals surface area contributed by atoms with E-state index >= 15 is 0 Å². The third kappa shape index (κ3) is 3.86. The quantitative estimate of drug-likeness (QED) is 0.385. The molecule has 0 saturated heterocycles. The average Bonchev–Trinajstić information content (AvgIpc) is 3.43. The predicted octanol–water partition coefficient (Wildman–Crippen LogP) is 4.58. The van der Waals surface area contributed by atoms with Gasteiger partial charge in [0.25, 0.3) is 5.91 Å². The molecule has 1 atom stereocenters. The lowest BCUT2D eigenvalue weighted by atomic mass is 9.95. The van der Waals surface area contributed by atoms with Gasteiger partial charge in [-0.15, -0.1) is 0 Å². The molecule has 3 heterocycles. The molecule has 0 fully saturated rings. The number of methoxy groups -OCH3 is 1. The normalized spacial score (nSPS) is 15.4. The zero-order valence-corrected chi connectivity index (χ0v) is 19.4. The largest absolute Gasteiger partial charge is 0.503 e. The first-order valence-electron chi connectivity index (χ1n) is 11.0. The number of carbonyl (C=O) groups excluding carboxylic acids is 3. The molecule has 5 rings (SSSR count). The van der Waals surface area contributed by atoms with Crippen LogP contribution in [-0.4, -0.2) is 34.8 Å². The maximum Gasteiger partial charge on any atom is 0.294 e. The SMILES string of the molecule is COc1cccc2cc(C(=O)C3=C(O)C(=O)N(c4ccc(NC(C)=O)cc4)C3c3ccncc3)oc12. The smallest absolute Gasteiger partial charge is 0.294 e. The fraction of sp³-hybridized carbons (Fsp3) is 0.111. The van der Waals surface area contributed by atoms with Crippen LogP contribution in [0, 0.1) is 0 Å². The van der Waals surface area contributed by atoms with Crippen molar-refractivity contribution in [1.29, 1.82) is 0 Å². The van der Waals surface area contributed by atoms with Crippen LogP contribution in [0.4, 0.5) is 11.4 Å². The molecule has 2 aromatic carbocycles. The number of para-hydroxylation sites is 1. The van der Waals surface area contributed by atoms with Crippen LogP contribution in [0.1, 0.15) is 29.1 Å². The van der Waals surface area contributed by atoms with E-state index in [9.17, 15) is 19.5 Å². The third-order valence-electron chi connectivity index (χ3n) is 5.89. The van der Waals surface area contributed by atoms with Crippen LogP contribution < -0.4 is 15.0 Å². The molecule has 0 radical (unpaired) electrons. The number of aromatic nitrogens is 1. The van der Waals surface area contributed by atoms with Gasteiger partial charge >= 0.3 is 0 Å². The maximum absolute atomic E-state index is 13.7. The minimum Gasteiger partial charge on any atom is -0.503 e. The van der Waals surface area contributed by atoms with Gasteiger partial charge in [0.1, 0.15) is 0 Å². The fourth-order valence-electron chi connectivity index (χ4n) is 4.32. The highest BCUT2D eigenvalue weighted by molar-refractivity contribution is 6.20. The second-order valence-electron chi connectivity index (χ2n) is 8.17. The van der Waals surface area contributed by atoms with Gasteiger partial charge in [-0.2, -0.15) is 0 Å². The number of carbonyl (C=O) groups is 3. The number of fused-ring (bicyclic) bond motifs is 1. The number of ketones is 1. The van der Waals surface area contributed by atoms with Crippen LogP contribution in [0.15, 0.2) is 88.8 Å². The Morgan fingerprint density at radius 3 is 2.47 bits per heavy atom. The number of pyridine rings is 1. The first kappa shape index (κ1) is 22.9. The van der Waals surface area contributed by atoms with Crippen LogP contribution >= 0.6 is 0 Å². The molecular formula is C27H21N3O6. The number of hydrogen-bond donors (Lipinski definition) is 2. The van der Waals surface area contributed by atoms with Crippen LogP contribution in [0.25, 0.3) is 11.0 Å². The number of amides is 2. The van der Waals surface area contributed by atoms with Crippen LogP contribution in [0.3, 0.4) is 0 Å². The Kier molecular flexibility index (Phi) is 5.73. The minimum absolute atomic E-state index is 0.0363. The monoisotopic (exact) mass is 483 g/mol. The van der Waals surface area contributed by atoms with Crippen molar-refractivity contribution in [2.75, 3.05) is 17.3 Å². The van der Waals surface area contributed by atoms with E-state index in [1.165, 1.54) is 18.9 Å². The highest BCUT2D eigenvalue weighted by Gasteiger charge is 2.45. The van der Waals surface area contributed by atoms with Crippen molar-refractivity contribution in [3.8, 4) is 5.75 Å². The summed E-state index contributed by atoms with van der Waals surface area (Å²) in [5.41, 5.74) is 1.82. The van der Waals surface area contributed by atoms with Crippen LogP contribution in [0.5, 0.6) is 5.75 Å². The van der Waals surface area contributed by atoms with Gasteiger partial charge in [-0.3, -0.25) is 24.3 Å². The molecule has 0 aliphatic carbocycles. The highest BCUT2D eigenvalue weighted by atomic mass is 16.5. The number of rotatable bonds is 6. The molecule has 9 nitrogen and oxygen atoms in total. The molecule has 0 saturated carbocycles. The van der Waals surface area contributed by atoms with E-state index in [0.717, 1.165) is 0 Å². The number of nitrogens with one attached hydrogen (secondary N) is 1. The number of hydrogen-bond acceptors (Lipinski definition) is 7. The fourth-order valence-corrected chi connectivity index (χ4v) is 4.32. The molecule has 1 aliphatic heterocycles. The van der Waals surface area contributed by atoms with Crippen molar-refractivity contribution in [2.45, 2.75) is 13.0 Å². The number of nitrogens with zero attached hydrogens (tertiary/aromatic N) is 2. The Bertz CT molecular complexity index is 1520. The number of ether oxygens (including phenoxy) is 1. The second-order valence-corrected chi connectivity index (χ2v) is 8.17. The van der Waals surface area contributed by atoms with Crippen molar-refractivity contribution >= 4 is 39.9 Å². The standard InChI is InChI=1S/C27H21N3O6/c1-15(31)29-18-6-8-19(9-7-18)30-23(16-10-12-28-13-11-16)22(25(33)27(30)34)24(32)21-14-17-4-3-5-20(35-2)26(17)36-21/h3-14,23,33H,1-2H3,(H,29,31).